The maximum absolute atomic E-state index is 10.9. The molecule has 1 aliphatic rings. The van der Waals surface area contributed by atoms with Crippen LogP contribution in [-0.2, 0) is 17.8 Å². The summed E-state index contributed by atoms with van der Waals surface area (Å²) in [5.41, 5.74) is 8.33. The molecule has 1 amide bonds. The highest BCUT2D eigenvalue weighted by Crippen LogP contribution is 2.28. The smallest absolute Gasteiger partial charge is 0.210 e. The van der Waals surface area contributed by atoms with E-state index in [9.17, 15) is 4.79 Å². The van der Waals surface area contributed by atoms with Crippen molar-refractivity contribution in [3.8, 4) is 5.75 Å². The lowest BCUT2D eigenvalue weighted by Gasteiger charge is -2.27. The van der Waals surface area contributed by atoms with Crippen molar-refractivity contribution in [2.24, 2.45) is 5.73 Å². The number of nitrogens with two attached hydrogens (primary N) is 1. The SMILES string of the molecule is NC(CCCCCO)Oc1cccc2c1CCN(C=O)C2. The van der Waals surface area contributed by atoms with E-state index in [0.29, 0.717) is 6.54 Å². The van der Waals surface area contributed by atoms with Gasteiger partial charge in [-0.05, 0) is 37.3 Å². The number of hydrogen-bond acceptors (Lipinski definition) is 4. The summed E-state index contributed by atoms with van der Waals surface area (Å²) in [6.07, 6.45) is 4.90. The number of unbranched alkanes of at least 4 members (excludes halogenated alkanes) is 2. The van der Waals surface area contributed by atoms with Crippen LogP contribution in [0.3, 0.4) is 0 Å². The zero-order chi connectivity index (χ0) is 15.1. The van der Waals surface area contributed by atoms with Crippen LogP contribution in [0.25, 0.3) is 0 Å². The van der Waals surface area contributed by atoms with Gasteiger partial charge in [0.15, 0.2) is 0 Å². The molecule has 1 atom stereocenters. The molecule has 1 heterocycles. The Kier molecular flexibility index (Phi) is 6.02. The molecule has 1 aliphatic heterocycles. The third kappa shape index (κ3) is 4.44. The summed E-state index contributed by atoms with van der Waals surface area (Å²) in [6.45, 7) is 1.60. The normalized spacial score (nSPS) is 15.4. The quantitative estimate of drug-likeness (QED) is 0.431. The zero-order valence-corrected chi connectivity index (χ0v) is 12.3. The molecule has 0 radical (unpaired) electrons. The standard InChI is InChI=1S/C16H24N2O3/c17-16(7-2-1-3-10-19)21-15-6-4-5-13-11-18(12-20)9-8-14(13)15/h4-6,12,16,19H,1-3,7-11,17H2. The van der Waals surface area contributed by atoms with Crippen molar-refractivity contribution in [2.45, 2.75) is 44.9 Å². The first-order valence-corrected chi connectivity index (χ1v) is 7.58. The topological polar surface area (TPSA) is 75.8 Å². The summed E-state index contributed by atoms with van der Waals surface area (Å²) < 4.78 is 5.87. The first-order chi connectivity index (χ1) is 10.2. The average Bonchev–Trinajstić information content (AvgIpc) is 2.51. The van der Waals surface area contributed by atoms with Crippen LogP contribution in [0, 0.1) is 0 Å². The molecular formula is C16H24N2O3. The number of amides is 1. The Bertz CT molecular complexity index is 465. The van der Waals surface area contributed by atoms with Gasteiger partial charge >= 0.3 is 0 Å². The molecule has 0 saturated heterocycles. The van der Waals surface area contributed by atoms with E-state index in [4.69, 9.17) is 15.6 Å². The number of benzene rings is 1. The minimum Gasteiger partial charge on any atom is -0.475 e. The second kappa shape index (κ2) is 8.00. The molecule has 5 nitrogen and oxygen atoms in total. The predicted molar refractivity (Wildman–Crippen MR) is 80.8 cm³/mol. The Morgan fingerprint density at radius 3 is 3.00 bits per heavy atom. The minimum atomic E-state index is -0.320. The van der Waals surface area contributed by atoms with Crippen molar-refractivity contribution in [1.29, 1.82) is 0 Å². The fraction of sp³-hybridized carbons (Fsp3) is 0.562. The first kappa shape index (κ1) is 15.8. The van der Waals surface area contributed by atoms with Crippen LogP contribution in [0.5, 0.6) is 5.75 Å². The van der Waals surface area contributed by atoms with E-state index in [-0.39, 0.29) is 12.8 Å². The summed E-state index contributed by atoms with van der Waals surface area (Å²) in [5.74, 6) is 0.840. The maximum Gasteiger partial charge on any atom is 0.210 e. The number of rotatable bonds is 8. The van der Waals surface area contributed by atoms with Gasteiger partial charge in [-0.2, -0.15) is 0 Å². The van der Waals surface area contributed by atoms with Gasteiger partial charge in [-0.15, -0.1) is 0 Å². The fourth-order valence-electron chi connectivity index (χ4n) is 2.65. The number of fused-ring (bicyclic) bond motifs is 1. The Hall–Kier alpha value is -1.59. The Morgan fingerprint density at radius 1 is 1.38 bits per heavy atom. The Morgan fingerprint density at radius 2 is 2.24 bits per heavy atom. The minimum absolute atomic E-state index is 0.232. The summed E-state index contributed by atoms with van der Waals surface area (Å²) in [6, 6.07) is 5.93. The highest BCUT2D eigenvalue weighted by atomic mass is 16.5. The lowest BCUT2D eigenvalue weighted by atomic mass is 9.99. The molecule has 116 valence electrons. The number of carbonyl (C=O) groups is 1. The second-order valence-electron chi connectivity index (χ2n) is 5.45. The third-order valence-corrected chi connectivity index (χ3v) is 3.83. The molecule has 0 saturated carbocycles. The number of hydrogen-bond donors (Lipinski definition) is 2. The molecule has 21 heavy (non-hydrogen) atoms. The molecule has 0 fully saturated rings. The monoisotopic (exact) mass is 292 g/mol. The van der Waals surface area contributed by atoms with Gasteiger partial charge in [0.25, 0.3) is 0 Å². The molecule has 0 aliphatic carbocycles. The van der Waals surface area contributed by atoms with E-state index in [1.54, 1.807) is 4.90 Å². The number of nitrogens with zero attached hydrogens (tertiary/aromatic N) is 1. The fourth-order valence-corrected chi connectivity index (χ4v) is 2.65. The molecule has 0 spiro atoms. The van der Waals surface area contributed by atoms with E-state index in [2.05, 4.69) is 0 Å². The summed E-state index contributed by atoms with van der Waals surface area (Å²) >= 11 is 0. The number of aliphatic hydroxyl groups excluding tert-OH is 1. The van der Waals surface area contributed by atoms with E-state index >= 15 is 0 Å². The van der Waals surface area contributed by atoms with Crippen LogP contribution in [0.1, 0.15) is 36.8 Å². The summed E-state index contributed by atoms with van der Waals surface area (Å²) in [7, 11) is 0. The van der Waals surface area contributed by atoms with Crippen LogP contribution in [0.4, 0.5) is 0 Å². The van der Waals surface area contributed by atoms with Crippen LogP contribution in [-0.4, -0.2) is 35.8 Å². The predicted octanol–water partition coefficient (Wildman–Crippen LogP) is 1.42. The van der Waals surface area contributed by atoms with E-state index in [0.717, 1.165) is 56.4 Å². The van der Waals surface area contributed by atoms with Gasteiger partial charge in [0.1, 0.15) is 12.0 Å². The van der Waals surface area contributed by atoms with Gasteiger partial charge in [-0.3, -0.25) is 10.5 Å². The summed E-state index contributed by atoms with van der Waals surface area (Å²) in [5, 5.41) is 8.75. The van der Waals surface area contributed by atoms with Gasteiger partial charge in [-0.25, -0.2) is 0 Å². The number of carbonyl (C=O) groups excluding carboxylic acids is 1. The van der Waals surface area contributed by atoms with Crippen molar-refractivity contribution in [3.63, 3.8) is 0 Å². The van der Waals surface area contributed by atoms with Crippen LogP contribution < -0.4 is 10.5 Å². The lowest BCUT2D eigenvalue weighted by molar-refractivity contribution is -0.118. The van der Waals surface area contributed by atoms with Crippen molar-refractivity contribution >= 4 is 6.41 Å². The lowest BCUT2D eigenvalue weighted by Crippen LogP contribution is -2.31. The maximum atomic E-state index is 10.9. The summed E-state index contributed by atoms with van der Waals surface area (Å²) in [4.78, 5) is 12.6. The molecule has 5 heteroatoms. The molecule has 1 unspecified atom stereocenters. The number of aliphatic hydroxyl groups is 1. The van der Waals surface area contributed by atoms with E-state index in [1.165, 1.54) is 5.56 Å². The molecular weight excluding hydrogens is 268 g/mol. The van der Waals surface area contributed by atoms with Crippen molar-refractivity contribution in [1.82, 2.24) is 4.90 Å². The van der Waals surface area contributed by atoms with Crippen LogP contribution in [0.2, 0.25) is 0 Å². The van der Waals surface area contributed by atoms with E-state index in [1.807, 2.05) is 18.2 Å². The van der Waals surface area contributed by atoms with Gasteiger partial charge in [0.05, 0.1) is 0 Å². The molecule has 2 rings (SSSR count). The highest BCUT2D eigenvalue weighted by molar-refractivity contribution is 5.51. The molecule has 0 bridgehead atoms. The third-order valence-electron chi connectivity index (χ3n) is 3.83. The number of ether oxygens (including phenoxy) is 1. The first-order valence-electron chi connectivity index (χ1n) is 7.58. The van der Waals surface area contributed by atoms with Crippen molar-refractivity contribution in [2.75, 3.05) is 13.2 Å². The largest absolute Gasteiger partial charge is 0.475 e. The molecule has 0 aromatic heterocycles. The average molecular weight is 292 g/mol. The van der Waals surface area contributed by atoms with Gasteiger partial charge in [0.2, 0.25) is 6.41 Å². The Balaban J connectivity index is 1.93. The van der Waals surface area contributed by atoms with Crippen LogP contribution >= 0.6 is 0 Å². The highest BCUT2D eigenvalue weighted by Gasteiger charge is 2.19. The molecule has 1 aromatic rings. The molecule has 1 aromatic carbocycles. The van der Waals surface area contributed by atoms with Gasteiger partial charge in [0, 0.05) is 25.3 Å². The second-order valence-corrected chi connectivity index (χ2v) is 5.45. The van der Waals surface area contributed by atoms with Crippen molar-refractivity contribution in [3.05, 3.63) is 29.3 Å². The Labute approximate surface area is 125 Å². The van der Waals surface area contributed by atoms with Crippen molar-refractivity contribution < 1.29 is 14.6 Å². The van der Waals surface area contributed by atoms with Gasteiger partial charge < -0.3 is 14.7 Å². The van der Waals surface area contributed by atoms with E-state index < -0.39 is 0 Å². The zero-order valence-electron chi connectivity index (χ0n) is 12.3. The van der Waals surface area contributed by atoms with Crippen LogP contribution in [0.15, 0.2) is 18.2 Å². The van der Waals surface area contributed by atoms with Gasteiger partial charge in [-0.1, -0.05) is 18.6 Å². The molecule has 3 N–H and O–H groups in total.